The molecule has 0 bridgehead atoms. The molecular weight excluding hydrogens is 320 g/mol. The number of benzene rings is 1. The molecule has 3 rings (SSSR count). The first-order valence-corrected chi connectivity index (χ1v) is 9.02. The zero-order chi connectivity index (χ0) is 17.8. The second-order valence-corrected chi connectivity index (χ2v) is 7.12. The van der Waals surface area contributed by atoms with Gasteiger partial charge in [0.25, 0.3) is 5.69 Å². The normalized spacial score (nSPS) is 22.0. The van der Waals surface area contributed by atoms with Gasteiger partial charge in [0.2, 0.25) is 5.91 Å². The van der Waals surface area contributed by atoms with Crippen molar-refractivity contribution in [3.05, 3.63) is 34.4 Å². The maximum atomic E-state index is 12.5. The smallest absolute Gasteiger partial charge is 0.269 e. The molecule has 136 valence electrons. The Hall–Kier alpha value is -2.15. The van der Waals surface area contributed by atoms with Crippen LogP contribution < -0.4 is 4.90 Å². The summed E-state index contributed by atoms with van der Waals surface area (Å²) in [5.74, 6) is 0.854. The summed E-state index contributed by atoms with van der Waals surface area (Å²) in [6.45, 7) is 7.85. The fourth-order valence-corrected chi connectivity index (χ4v) is 3.66. The van der Waals surface area contributed by atoms with E-state index in [4.69, 9.17) is 0 Å². The van der Waals surface area contributed by atoms with Crippen LogP contribution in [0.1, 0.15) is 19.8 Å². The molecule has 1 amide bonds. The van der Waals surface area contributed by atoms with Gasteiger partial charge in [-0.2, -0.15) is 0 Å². The first-order chi connectivity index (χ1) is 12.0. The lowest BCUT2D eigenvalue weighted by molar-refractivity contribution is -0.384. The predicted octanol–water partition coefficient (Wildman–Crippen LogP) is 1.98. The number of nitro benzene ring substituents is 1. The highest BCUT2D eigenvalue weighted by Gasteiger charge is 2.24. The van der Waals surface area contributed by atoms with E-state index in [1.165, 1.54) is 6.42 Å². The summed E-state index contributed by atoms with van der Waals surface area (Å²) >= 11 is 0. The molecule has 2 saturated heterocycles. The summed E-state index contributed by atoms with van der Waals surface area (Å²) < 4.78 is 0. The largest absolute Gasteiger partial charge is 0.369 e. The molecule has 0 radical (unpaired) electrons. The number of likely N-dealkylation sites (tertiary alicyclic amines) is 1. The summed E-state index contributed by atoms with van der Waals surface area (Å²) in [5, 5.41) is 10.7. The SMILES string of the molecule is C[C@@H]1CCCN(C(=O)CN2CCN(c3ccc([N+](=O)[O-])cc3)CC2)C1. The van der Waals surface area contributed by atoms with Crippen LogP contribution in [-0.4, -0.2) is 66.4 Å². The molecule has 1 aromatic rings. The van der Waals surface area contributed by atoms with Crippen molar-refractivity contribution in [3.8, 4) is 0 Å². The van der Waals surface area contributed by atoms with E-state index in [9.17, 15) is 14.9 Å². The fourth-order valence-electron chi connectivity index (χ4n) is 3.66. The third-order valence-electron chi connectivity index (χ3n) is 5.17. The molecule has 1 aromatic carbocycles. The topological polar surface area (TPSA) is 69.9 Å². The van der Waals surface area contributed by atoms with Crippen LogP contribution in [0.25, 0.3) is 0 Å². The Morgan fingerprint density at radius 1 is 1.16 bits per heavy atom. The lowest BCUT2D eigenvalue weighted by atomic mass is 10.0. The zero-order valence-corrected chi connectivity index (χ0v) is 14.8. The van der Waals surface area contributed by atoms with Crippen LogP contribution in [0.5, 0.6) is 0 Å². The average molecular weight is 346 g/mol. The van der Waals surface area contributed by atoms with Crippen LogP contribution >= 0.6 is 0 Å². The maximum Gasteiger partial charge on any atom is 0.269 e. The van der Waals surface area contributed by atoms with Crippen LogP contribution in [0.15, 0.2) is 24.3 Å². The van der Waals surface area contributed by atoms with Crippen molar-refractivity contribution in [3.63, 3.8) is 0 Å². The molecule has 7 nitrogen and oxygen atoms in total. The van der Waals surface area contributed by atoms with Crippen LogP contribution in [0.2, 0.25) is 0 Å². The van der Waals surface area contributed by atoms with Crippen molar-refractivity contribution in [1.29, 1.82) is 0 Å². The molecule has 0 spiro atoms. The lowest BCUT2D eigenvalue weighted by Gasteiger charge is -2.37. The minimum absolute atomic E-state index is 0.115. The first-order valence-electron chi connectivity index (χ1n) is 9.02. The number of rotatable bonds is 4. The molecule has 2 aliphatic rings. The van der Waals surface area contributed by atoms with E-state index in [1.54, 1.807) is 24.3 Å². The highest BCUT2D eigenvalue weighted by molar-refractivity contribution is 5.78. The van der Waals surface area contributed by atoms with Gasteiger partial charge >= 0.3 is 0 Å². The van der Waals surface area contributed by atoms with Gasteiger partial charge in [0.05, 0.1) is 11.5 Å². The summed E-state index contributed by atoms with van der Waals surface area (Å²) in [7, 11) is 0. The summed E-state index contributed by atoms with van der Waals surface area (Å²) in [5.41, 5.74) is 1.12. The summed E-state index contributed by atoms with van der Waals surface area (Å²) in [6, 6.07) is 6.69. The molecule has 2 heterocycles. The zero-order valence-electron chi connectivity index (χ0n) is 14.8. The van der Waals surface area contributed by atoms with E-state index in [0.29, 0.717) is 12.5 Å². The lowest BCUT2D eigenvalue weighted by Crippen LogP contribution is -2.51. The molecule has 0 aliphatic carbocycles. The highest BCUT2D eigenvalue weighted by Crippen LogP contribution is 2.21. The van der Waals surface area contributed by atoms with Crippen molar-refractivity contribution in [2.75, 3.05) is 50.7 Å². The monoisotopic (exact) mass is 346 g/mol. The first kappa shape index (κ1) is 17.7. The van der Waals surface area contributed by atoms with E-state index in [2.05, 4.69) is 16.7 Å². The molecule has 0 unspecified atom stereocenters. The second-order valence-electron chi connectivity index (χ2n) is 7.12. The number of hydrogen-bond acceptors (Lipinski definition) is 5. The minimum atomic E-state index is -0.380. The molecule has 0 saturated carbocycles. The quantitative estimate of drug-likeness (QED) is 0.616. The Kier molecular flexibility index (Phi) is 5.53. The van der Waals surface area contributed by atoms with Gasteiger partial charge in [0.15, 0.2) is 0 Å². The number of amides is 1. The second kappa shape index (κ2) is 7.82. The van der Waals surface area contributed by atoms with Crippen molar-refractivity contribution in [2.24, 2.45) is 5.92 Å². The van der Waals surface area contributed by atoms with Gasteiger partial charge in [0.1, 0.15) is 0 Å². The van der Waals surface area contributed by atoms with Crippen LogP contribution in [0.4, 0.5) is 11.4 Å². The molecule has 7 heteroatoms. The standard InChI is InChI=1S/C18H26N4O3/c1-15-3-2-8-21(13-15)18(23)14-19-9-11-20(12-10-19)16-4-6-17(7-5-16)22(24)25/h4-7,15H,2-3,8-14H2,1H3/t15-/m1/s1. The Morgan fingerprint density at radius 2 is 1.84 bits per heavy atom. The van der Waals surface area contributed by atoms with Gasteiger partial charge < -0.3 is 9.80 Å². The van der Waals surface area contributed by atoms with E-state index < -0.39 is 0 Å². The molecule has 2 fully saturated rings. The molecule has 2 aliphatic heterocycles. The van der Waals surface area contributed by atoms with Gasteiger partial charge in [-0.05, 0) is 30.9 Å². The third-order valence-corrected chi connectivity index (χ3v) is 5.17. The number of nitro groups is 1. The number of carbonyl (C=O) groups is 1. The predicted molar refractivity (Wildman–Crippen MR) is 96.7 cm³/mol. The van der Waals surface area contributed by atoms with Crippen molar-refractivity contribution >= 4 is 17.3 Å². The Bertz CT molecular complexity index is 611. The Balaban J connectivity index is 1.48. The fraction of sp³-hybridized carbons (Fsp3) is 0.611. The summed E-state index contributed by atoms with van der Waals surface area (Å²) in [4.78, 5) is 29.3. The van der Waals surface area contributed by atoms with E-state index in [0.717, 1.165) is 51.4 Å². The Labute approximate surface area is 148 Å². The number of piperidine rings is 1. The number of anilines is 1. The third kappa shape index (κ3) is 4.48. The molecule has 0 N–H and O–H groups in total. The Morgan fingerprint density at radius 3 is 2.44 bits per heavy atom. The molecule has 25 heavy (non-hydrogen) atoms. The van der Waals surface area contributed by atoms with Gasteiger partial charge in [0, 0.05) is 57.1 Å². The number of hydrogen-bond donors (Lipinski definition) is 0. The molecule has 0 aromatic heterocycles. The van der Waals surface area contributed by atoms with Crippen molar-refractivity contribution in [1.82, 2.24) is 9.80 Å². The number of carbonyl (C=O) groups excluding carboxylic acids is 1. The number of piperazine rings is 1. The van der Waals surface area contributed by atoms with Gasteiger partial charge in [-0.25, -0.2) is 0 Å². The van der Waals surface area contributed by atoms with Gasteiger partial charge in [-0.3, -0.25) is 19.8 Å². The van der Waals surface area contributed by atoms with E-state index >= 15 is 0 Å². The van der Waals surface area contributed by atoms with Gasteiger partial charge in [-0.1, -0.05) is 6.92 Å². The van der Waals surface area contributed by atoms with E-state index in [1.807, 2.05) is 4.90 Å². The van der Waals surface area contributed by atoms with Crippen LogP contribution in [0, 0.1) is 16.0 Å². The van der Waals surface area contributed by atoms with Crippen molar-refractivity contribution < 1.29 is 9.72 Å². The minimum Gasteiger partial charge on any atom is -0.369 e. The summed E-state index contributed by atoms with van der Waals surface area (Å²) in [6.07, 6.45) is 2.33. The van der Waals surface area contributed by atoms with Gasteiger partial charge in [-0.15, -0.1) is 0 Å². The highest BCUT2D eigenvalue weighted by atomic mass is 16.6. The van der Waals surface area contributed by atoms with E-state index in [-0.39, 0.29) is 16.5 Å². The van der Waals surface area contributed by atoms with Crippen molar-refractivity contribution in [2.45, 2.75) is 19.8 Å². The van der Waals surface area contributed by atoms with Crippen LogP contribution in [0.3, 0.4) is 0 Å². The maximum absolute atomic E-state index is 12.5. The van der Waals surface area contributed by atoms with Crippen LogP contribution in [-0.2, 0) is 4.79 Å². The number of non-ortho nitro benzene ring substituents is 1. The number of nitrogens with zero attached hydrogens (tertiary/aromatic N) is 4. The molecule has 1 atom stereocenters. The molecular formula is C18H26N4O3. The average Bonchev–Trinajstić information content (AvgIpc) is 2.62.